The van der Waals surface area contributed by atoms with Gasteiger partial charge in [-0.25, -0.2) is 15.0 Å². The molecule has 2 fully saturated rings. The number of aromatic amines is 1. The van der Waals surface area contributed by atoms with Crippen molar-refractivity contribution < 1.29 is 4.79 Å². The van der Waals surface area contributed by atoms with Crippen molar-refractivity contribution in [3.63, 3.8) is 0 Å². The molecule has 2 aliphatic carbocycles. The molecule has 2 aromatic heterocycles. The fourth-order valence-corrected chi connectivity index (χ4v) is 3.92. The van der Waals surface area contributed by atoms with Gasteiger partial charge in [0.1, 0.15) is 5.69 Å². The Kier molecular flexibility index (Phi) is 4.54. The molecule has 1 aromatic carbocycles. The summed E-state index contributed by atoms with van der Waals surface area (Å²) in [7, 11) is 0. The molecule has 0 amide bonds. The molecular formula is C23H22N4O2. The number of benzene rings is 1. The van der Waals surface area contributed by atoms with Crippen LogP contribution in [0.2, 0.25) is 0 Å². The molecule has 2 saturated carbocycles. The normalized spacial score (nSPS) is 17.1. The highest BCUT2D eigenvalue weighted by Gasteiger charge is 2.34. The summed E-state index contributed by atoms with van der Waals surface area (Å²) in [5, 5.41) is 0. The second kappa shape index (κ2) is 7.35. The Hall–Kier alpha value is -3.15. The molecule has 0 aliphatic heterocycles. The Balaban J connectivity index is 1.39. The van der Waals surface area contributed by atoms with E-state index in [9.17, 15) is 9.59 Å². The maximum absolute atomic E-state index is 13.0. The van der Waals surface area contributed by atoms with Gasteiger partial charge in [0.25, 0.3) is 5.56 Å². The lowest BCUT2D eigenvalue weighted by Gasteiger charge is -2.16. The smallest absolute Gasteiger partial charge is 0.251 e. The van der Waals surface area contributed by atoms with Crippen LogP contribution in [0.1, 0.15) is 65.6 Å². The Morgan fingerprint density at radius 1 is 1.07 bits per heavy atom. The highest BCUT2D eigenvalue weighted by atomic mass is 16.1. The molecule has 0 bridgehead atoms. The second-order valence-corrected chi connectivity index (χ2v) is 8.06. The molecule has 2 aliphatic rings. The van der Waals surface area contributed by atoms with E-state index in [-0.39, 0.29) is 28.8 Å². The number of carbonyl (C=O) groups is 1. The topological polar surface area (TPSA) is 88.6 Å². The molecule has 0 spiro atoms. The largest absolute Gasteiger partial charge is 0.304 e. The number of H-pyrrole nitrogens is 1. The van der Waals surface area contributed by atoms with E-state index in [0.717, 1.165) is 18.8 Å². The minimum Gasteiger partial charge on any atom is -0.304 e. The van der Waals surface area contributed by atoms with E-state index in [2.05, 4.69) is 44.2 Å². The Bertz CT molecular complexity index is 1080. The number of aromatic nitrogens is 4. The third kappa shape index (κ3) is 4.01. The molecule has 0 radical (unpaired) electrons. The summed E-state index contributed by atoms with van der Waals surface area (Å²) in [5.74, 6) is 1.84. The van der Waals surface area contributed by atoms with Gasteiger partial charge < -0.3 is 4.98 Å². The lowest BCUT2D eigenvalue weighted by molar-refractivity contribution is 0.0965. The van der Waals surface area contributed by atoms with Gasteiger partial charge in [0.15, 0.2) is 17.4 Å². The van der Waals surface area contributed by atoms with Crippen LogP contribution < -0.4 is 5.56 Å². The summed E-state index contributed by atoms with van der Waals surface area (Å²) in [6.45, 7) is 0. The molecule has 2 heterocycles. The second-order valence-electron chi connectivity index (χ2n) is 8.06. The monoisotopic (exact) mass is 386 g/mol. The lowest BCUT2D eigenvalue weighted by Crippen LogP contribution is -2.17. The van der Waals surface area contributed by atoms with Crippen molar-refractivity contribution in [3.05, 3.63) is 76.0 Å². The van der Waals surface area contributed by atoms with Crippen LogP contribution in [-0.2, 0) is 0 Å². The fourth-order valence-electron chi connectivity index (χ4n) is 3.92. The minimum absolute atomic E-state index is 0.114. The van der Waals surface area contributed by atoms with Crippen LogP contribution in [0.15, 0.2) is 53.6 Å². The third-order valence-electron chi connectivity index (χ3n) is 5.81. The molecule has 29 heavy (non-hydrogen) atoms. The predicted molar refractivity (Wildman–Crippen MR) is 109 cm³/mol. The Morgan fingerprint density at radius 3 is 2.45 bits per heavy atom. The van der Waals surface area contributed by atoms with Crippen molar-refractivity contribution in [2.75, 3.05) is 0 Å². The maximum atomic E-state index is 13.0. The first-order valence-corrected chi connectivity index (χ1v) is 10.2. The van der Waals surface area contributed by atoms with Crippen molar-refractivity contribution in [2.45, 2.75) is 43.9 Å². The summed E-state index contributed by atoms with van der Waals surface area (Å²) >= 11 is 0. The van der Waals surface area contributed by atoms with Crippen molar-refractivity contribution in [1.29, 1.82) is 0 Å². The van der Waals surface area contributed by atoms with Crippen LogP contribution in [-0.4, -0.2) is 25.7 Å². The van der Waals surface area contributed by atoms with Gasteiger partial charge in [-0.2, -0.15) is 0 Å². The van der Waals surface area contributed by atoms with Crippen LogP contribution in [0.3, 0.4) is 0 Å². The SMILES string of the molecule is O=C(C[C@@H](c1ccc(C2CC2)cc1)C1CC1)c1cc(=O)[nH]c(-c2ncccn2)n1. The molecule has 5 rings (SSSR count). The summed E-state index contributed by atoms with van der Waals surface area (Å²) in [4.78, 5) is 40.3. The molecule has 0 saturated heterocycles. The average molecular weight is 386 g/mol. The van der Waals surface area contributed by atoms with Gasteiger partial charge in [-0.3, -0.25) is 9.59 Å². The number of Topliss-reactive ketones (excluding diaryl/α,β-unsaturated/α-hetero) is 1. The number of carbonyl (C=O) groups excluding carboxylic acids is 1. The van der Waals surface area contributed by atoms with Crippen molar-refractivity contribution in [1.82, 2.24) is 19.9 Å². The zero-order valence-corrected chi connectivity index (χ0v) is 16.0. The molecule has 1 N–H and O–H groups in total. The minimum atomic E-state index is -0.373. The number of hydrogen-bond acceptors (Lipinski definition) is 5. The van der Waals surface area contributed by atoms with Gasteiger partial charge in [-0.05, 0) is 60.6 Å². The number of rotatable bonds is 7. The summed E-state index contributed by atoms with van der Waals surface area (Å²) in [5.41, 5.74) is 2.42. The van der Waals surface area contributed by atoms with Crippen molar-refractivity contribution in [2.24, 2.45) is 5.92 Å². The maximum Gasteiger partial charge on any atom is 0.251 e. The quantitative estimate of drug-likeness (QED) is 0.623. The number of nitrogens with one attached hydrogen (secondary N) is 1. The van der Waals surface area contributed by atoms with E-state index in [1.165, 1.54) is 30.0 Å². The zero-order valence-electron chi connectivity index (χ0n) is 16.0. The van der Waals surface area contributed by atoms with Crippen LogP contribution in [0.4, 0.5) is 0 Å². The van der Waals surface area contributed by atoms with Crippen LogP contribution in [0, 0.1) is 5.92 Å². The third-order valence-corrected chi connectivity index (χ3v) is 5.81. The molecular weight excluding hydrogens is 364 g/mol. The van der Waals surface area contributed by atoms with E-state index in [1.54, 1.807) is 18.5 Å². The first-order valence-electron chi connectivity index (χ1n) is 10.2. The molecule has 0 unspecified atom stereocenters. The Morgan fingerprint density at radius 2 is 1.79 bits per heavy atom. The van der Waals surface area contributed by atoms with E-state index in [4.69, 9.17) is 0 Å². The number of nitrogens with zero attached hydrogens (tertiary/aromatic N) is 3. The zero-order chi connectivity index (χ0) is 19.8. The van der Waals surface area contributed by atoms with Crippen LogP contribution in [0.25, 0.3) is 11.6 Å². The van der Waals surface area contributed by atoms with Gasteiger partial charge in [0, 0.05) is 24.9 Å². The fraction of sp³-hybridized carbons (Fsp3) is 0.348. The molecule has 1 atom stereocenters. The van der Waals surface area contributed by atoms with Crippen molar-refractivity contribution >= 4 is 5.78 Å². The van der Waals surface area contributed by atoms with Gasteiger partial charge in [-0.1, -0.05) is 24.3 Å². The summed E-state index contributed by atoms with van der Waals surface area (Å²) in [6.07, 6.45) is 8.37. The standard InChI is InChI=1S/C23H22N4O2/c28-20(19-13-21(29)27-23(26-19)22-24-10-1-11-25-22)12-18(17-8-9-17)16-6-4-15(5-7-16)14-2-3-14/h1,4-7,10-11,13-14,17-18H,2-3,8-9,12H2,(H,26,27,29)/t18-/m0/s1. The van der Waals surface area contributed by atoms with E-state index in [1.807, 2.05) is 0 Å². The first-order chi connectivity index (χ1) is 14.2. The molecule has 3 aromatic rings. The van der Waals surface area contributed by atoms with Gasteiger partial charge in [0.2, 0.25) is 0 Å². The van der Waals surface area contributed by atoms with E-state index < -0.39 is 0 Å². The number of hydrogen-bond donors (Lipinski definition) is 1. The Labute approximate surface area is 168 Å². The van der Waals surface area contributed by atoms with Crippen LogP contribution in [0.5, 0.6) is 0 Å². The summed E-state index contributed by atoms with van der Waals surface area (Å²) < 4.78 is 0. The molecule has 146 valence electrons. The lowest BCUT2D eigenvalue weighted by atomic mass is 9.88. The van der Waals surface area contributed by atoms with E-state index >= 15 is 0 Å². The van der Waals surface area contributed by atoms with Gasteiger partial charge in [-0.15, -0.1) is 0 Å². The molecule has 6 heteroatoms. The predicted octanol–water partition coefficient (Wildman–Crippen LogP) is 3.87. The highest BCUT2D eigenvalue weighted by Crippen LogP contribution is 2.46. The van der Waals surface area contributed by atoms with Crippen molar-refractivity contribution in [3.8, 4) is 11.6 Å². The average Bonchev–Trinajstić information content (AvgIpc) is 3.65. The first kappa shape index (κ1) is 17.9. The summed E-state index contributed by atoms with van der Waals surface area (Å²) in [6, 6.07) is 11.7. The van der Waals surface area contributed by atoms with Gasteiger partial charge in [0.05, 0.1) is 0 Å². The van der Waals surface area contributed by atoms with Crippen LogP contribution >= 0.6 is 0 Å². The number of ketones is 1. The van der Waals surface area contributed by atoms with Gasteiger partial charge >= 0.3 is 0 Å². The highest BCUT2D eigenvalue weighted by molar-refractivity contribution is 5.95. The van der Waals surface area contributed by atoms with E-state index in [0.29, 0.717) is 18.2 Å². The molecule has 6 nitrogen and oxygen atoms in total.